The molecule has 0 unspecified atom stereocenters. The van der Waals surface area contributed by atoms with E-state index in [0.717, 1.165) is 66.9 Å². The predicted octanol–water partition coefficient (Wildman–Crippen LogP) is 8.66. The first-order valence-corrected chi connectivity index (χ1v) is 13.7. The van der Waals surface area contributed by atoms with Crippen LogP contribution in [0.5, 0.6) is 0 Å². The standard InChI is InChI=1S/C37H24N4.Pt/c1-40-35-17-8-6-15-33(35)39-37(40)26-18-19-31-30-13-5-7-16-34(30)41(36(31)24-26)29-22-27(25-11-3-2-4-12-25)21-28(23-29)32-14-9-10-20-38-32;/h2-22H,1H3;/q-2;+2. The quantitative estimate of drug-likeness (QED) is 0.171. The third-order valence-electron chi connectivity index (χ3n) is 7.76. The van der Waals surface area contributed by atoms with Gasteiger partial charge in [-0.3, -0.25) is 4.98 Å². The Bertz CT molecular complexity index is 2150. The Morgan fingerprint density at radius 1 is 0.619 bits per heavy atom. The van der Waals surface area contributed by atoms with Crippen LogP contribution in [0.3, 0.4) is 0 Å². The minimum atomic E-state index is 0. The number of aryl methyl sites for hydroxylation is 1. The fourth-order valence-electron chi connectivity index (χ4n) is 5.79. The maximum atomic E-state index is 4.96. The molecule has 0 aliphatic rings. The van der Waals surface area contributed by atoms with Crippen LogP contribution in [0.25, 0.3) is 72.3 Å². The molecule has 5 heteroatoms. The third-order valence-corrected chi connectivity index (χ3v) is 7.76. The maximum Gasteiger partial charge on any atom is 2.00 e. The molecular weight excluding hydrogens is 696 g/mol. The summed E-state index contributed by atoms with van der Waals surface area (Å²) in [6, 6.07) is 49.4. The molecule has 0 saturated heterocycles. The summed E-state index contributed by atoms with van der Waals surface area (Å²) in [5.41, 5.74) is 10.1. The molecule has 0 spiro atoms. The van der Waals surface area contributed by atoms with Gasteiger partial charge in [0.15, 0.2) is 0 Å². The van der Waals surface area contributed by atoms with Gasteiger partial charge in [-0.2, -0.15) is 0 Å². The Balaban J connectivity index is 0.00000288. The Kier molecular flexibility index (Phi) is 6.57. The van der Waals surface area contributed by atoms with Gasteiger partial charge in [0.1, 0.15) is 0 Å². The van der Waals surface area contributed by atoms with Crippen molar-refractivity contribution in [2.75, 3.05) is 0 Å². The first-order valence-electron chi connectivity index (χ1n) is 13.7. The van der Waals surface area contributed by atoms with Crippen LogP contribution in [0, 0.1) is 12.1 Å². The fourth-order valence-corrected chi connectivity index (χ4v) is 5.79. The molecule has 0 amide bonds. The fraction of sp³-hybridized carbons (Fsp3) is 0.0270. The molecule has 0 bridgehead atoms. The Hall–Kier alpha value is -4.79. The van der Waals surface area contributed by atoms with Crippen molar-refractivity contribution in [3.05, 3.63) is 140 Å². The number of hydrogen-bond donors (Lipinski definition) is 0. The average Bonchev–Trinajstić information content (AvgIpc) is 3.56. The van der Waals surface area contributed by atoms with E-state index < -0.39 is 0 Å². The van der Waals surface area contributed by atoms with Gasteiger partial charge < -0.3 is 14.1 Å². The molecule has 0 aliphatic carbocycles. The second kappa shape index (κ2) is 10.6. The van der Waals surface area contributed by atoms with Gasteiger partial charge in [0.25, 0.3) is 0 Å². The van der Waals surface area contributed by atoms with Gasteiger partial charge in [0.05, 0.1) is 16.9 Å². The third kappa shape index (κ3) is 4.27. The van der Waals surface area contributed by atoms with Crippen LogP contribution in [0.4, 0.5) is 0 Å². The Morgan fingerprint density at radius 2 is 1.38 bits per heavy atom. The van der Waals surface area contributed by atoms with Crippen molar-refractivity contribution < 1.29 is 21.1 Å². The van der Waals surface area contributed by atoms with Crippen LogP contribution in [0.2, 0.25) is 0 Å². The number of para-hydroxylation sites is 3. The van der Waals surface area contributed by atoms with Crippen LogP contribution < -0.4 is 0 Å². The molecule has 202 valence electrons. The van der Waals surface area contributed by atoms with Gasteiger partial charge in [0.2, 0.25) is 0 Å². The minimum Gasteiger partial charge on any atom is -0.367 e. The molecular formula is C37H24N4Pt. The van der Waals surface area contributed by atoms with Crippen molar-refractivity contribution in [1.82, 2.24) is 19.1 Å². The minimum absolute atomic E-state index is 0. The van der Waals surface area contributed by atoms with Gasteiger partial charge in [-0.15, -0.1) is 47.5 Å². The van der Waals surface area contributed by atoms with E-state index in [2.05, 4.69) is 118 Å². The molecule has 4 nitrogen and oxygen atoms in total. The second-order valence-electron chi connectivity index (χ2n) is 10.2. The van der Waals surface area contributed by atoms with Crippen LogP contribution >= 0.6 is 0 Å². The van der Waals surface area contributed by atoms with E-state index >= 15 is 0 Å². The summed E-state index contributed by atoms with van der Waals surface area (Å²) in [5, 5.41) is 2.31. The number of hydrogen-bond acceptors (Lipinski definition) is 2. The number of aromatic nitrogens is 4. The molecule has 0 saturated carbocycles. The molecule has 8 rings (SSSR count). The van der Waals surface area contributed by atoms with E-state index in [1.165, 1.54) is 5.39 Å². The topological polar surface area (TPSA) is 35.6 Å². The van der Waals surface area contributed by atoms with Crippen molar-refractivity contribution in [1.29, 1.82) is 0 Å². The van der Waals surface area contributed by atoms with Gasteiger partial charge in [-0.05, 0) is 52.1 Å². The van der Waals surface area contributed by atoms with Crippen LogP contribution in [-0.2, 0) is 28.1 Å². The van der Waals surface area contributed by atoms with Crippen molar-refractivity contribution in [2.45, 2.75) is 0 Å². The Morgan fingerprint density at radius 3 is 2.19 bits per heavy atom. The molecule has 42 heavy (non-hydrogen) atoms. The van der Waals surface area contributed by atoms with Gasteiger partial charge >= 0.3 is 21.1 Å². The summed E-state index contributed by atoms with van der Waals surface area (Å²) in [7, 11) is 2.06. The zero-order valence-electron chi connectivity index (χ0n) is 22.7. The number of nitrogens with zero attached hydrogens (tertiary/aromatic N) is 4. The average molecular weight is 720 g/mol. The molecule has 0 atom stereocenters. The summed E-state index contributed by atoms with van der Waals surface area (Å²) in [6.07, 6.45) is 1.83. The molecule has 3 heterocycles. The number of rotatable bonds is 4. The molecule has 5 aromatic carbocycles. The smallest absolute Gasteiger partial charge is 0.367 e. The summed E-state index contributed by atoms with van der Waals surface area (Å²) < 4.78 is 4.41. The first-order chi connectivity index (χ1) is 20.2. The van der Waals surface area contributed by atoms with Gasteiger partial charge in [-0.1, -0.05) is 83.7 Å². The number of fused-ring (bicyclic) bond motifs is 4. The van der Waals surface area contributed by atoms with E-state index in [9.17, 15) is 0 Å². The van der Waals surface area contributed by atoms with Crippen molar-refractivity contribution in [2.24, 2.45) is 7.05 Å². The van der Waals surface area contributed by atoms with E-state index in [-0.39, 0.29) is 21.1 Å². The largest absolute Gasteiger partial charge is 2.00 e. The summed E-state index contributed by atoms with van der Waals surface area (Å²) in [4.78, 5) is 9.62. The molecule has 3 aromatic heterocycles. The summed E-state index contributed by atoms with van der Waals surface area (Å²) in [6.45, 7) is 0. The molecule has 8 aromatic rings. The SMILES string of the molecule is Cn1c(-c2[c-]c3c(cc2)c2ccccc2n3-c2[c-]c(-c3ccccn3)cc(-c3ccccc3)c2)nc2ccccc21.[Pt+2]. The van der Waals surface area contributed by atoms with E-state index in [1.807, 2.05) is 42.6 Å². The van der Waals surface area contributed by atoms with Crippen molar-refractivity contribution in [3.8, 4) is 39.5 Å². The zero-order chi connectivity index (χ0) is 27.3. The van der Waals surface area contributed by atoms with Crippen LogP contribution in [0.15, 0.2) is 128 Å². The predicted molar refractivity (Wildman–Crippen MR) is 167 cm³/mol. The maximum absolute atomic E-state index is 4.96. The number of benzene rings is 5. The normalized spacial score (nSPS) is 11.3. The number of imidazole rings is 1. The van der Waals surface area contributed by atoms with E-state index in [0.29, 0.717) is 0 Å². The zero-order valence-corrected chi connectivity index (χ0v) is 25.0. The monoisotopic (exact) mass is 719 g/mol. The second-order valence-corrected chi connectivity index (χ2v) is 10.2. The van der Waals surface area contributed by atoms with Crippen molar-refractivity contribution >= 4 is 32.8 Å². The molecule has 0 fully saturated rings. The van der Waals surface area contributed by atoms with Gasteiger partial charge in [-0.25, -0.2) is 0 Å². The number of pyridine rings is 1. The van der Waals surface area contributed by atoms with E-state index in [4.69, 9.17) is 4.98 Å². The summed E-state index contributed by atoms with van der Waals surface area (Å²) >= 11 is 0. The van der Waals surface area contributed by atoms with Crippen LogP contribution in [0.1, 0.15) is 0 Å². The first kappa shape index (κ1) is 26.1. The molecule has 0 aliphatic heterocycles. The van der Waals surface area contributed by atoms with E-state index in [1.54, 1.807) is 0 Å². The summed E-state index contributed by atoms with van der Waals surface area (Å²) in [5.74, 6) is 0.890. The van der Waals surface area contributed by atoms with Gasteiger partial charge in [0, 0.05) is 18.8 Å². The molecule has 0 N–H and O–H groups in total. The molecule has 0 radical (unpaired) electrons. The Labute approximate surface area is 258 Å². The van der Waals surface area contributed by atoms with Crippen LogP contribution in [-0.4, -0.2) is 19.1 Å². The van der Waals surface area contributed by atoms with Crippen molar-refractivity contribution in [3.63, 3.8) is 0 Å².